The molecule has 0 saturated heterocycles. The third kappa shape index (κ3) is 5.76. The quantitative estimate of drug-likeness (QED) is 0.755. The van der Waals surface area contributed by atoms with Crippen molar-refractivity contribution in [2.45, 2.75) is 19.4 Å². The van der Waals surface area contributed by atoms with E-state index in [2.05, 4.69) is 5.32 Å². The van der Waals surface area contributed by atoms with Crippen LogP contribution in [0.25, 0.3) is 0 Å². The number of para-hydroxylation sites is 1. The number of nitrogens with two attached hydrogens (primary N) is 1. The van der Waals surface area contributed by atoms with Gasteiger partial charge in [-0.1, -0.05) is 48.5 Å². The minimum Gasteiger partial charge on any atom is -0.483 e. The van der Waals surface area contributed by atoms with Gasteiger partial charge < -0.3 is 16.2 Å². The Morgan fingerprint density at radius 1 is 1.18 bits per heavy atom. The predicted molar refractivity (Wildman–Crippen MR) is 86.6 cm³/mol. The van der Waals surface area contributed by atoms with E-state index in [1.54, 1.807) is 0 Å². The molecule has 0 heterocycles. The maximum absolute atomic E-state index is 12.0. The van der Waals surface area contributed by atoms with Crippen LogP contribution in [-0.2, 0) is 16.0 Å². The number of anilines is 1. The molecule has 2 aromatic carbocycles. The van der Waals surface area contributed by atoms with Crippen molar-refractivity contribution in [3.05, 3.63) is 65.7 Å². The molecule has 0 fully saturated rings. The van der Waals surface area contributed by atoms with Crippen LogP contribution in [0, 0.1) is 6.92 Å². The molecular formula is C17H20N2O3. The molecule has 0 aliphatic carbocycles. The maximum Gasteiger partial charge on any atom is 0.290 e. The number of hydrogen-bond acceptors (Lipinski definition) is 3. The van der Waals surface area contributed by atoms with Crippen LogP contribution in [0.2, 0.25) is 0 Å². The number of rotatable bonds is 4. The normalized spacial score (nSPS) is 10.8. The fraction of sp³-hybridized carbons (Fsp3) is 0.176. The van der Waals surface area contributed by atoms with Gasteiger partial charge in [0.2, 0.25) is 5.91 Å². The molecule has 0 saturated carbocycles. The van der Waals surface area contributed by atoms with Crippen LogP contribution < -0.4 is 11.1 Å². The second-order valence-electron chi connectivity index (χ2n) is 4.71. The third-order valence-electron chi connectivity index (χ3n) is 3.04. The fourth-order valence-electron chi connectivity index (χ4n) is 1.90. The molecule has 116 valence electrons. The van der Waals surface area contributed by atoms with Crippen molar-refractivity contribution in [1.82, 2.24) is 0 Å². The van der Waals surface area contributed by atoms with Gasteiger partial charge in [-0.2, -0.15) is 0 Å². The van der Waals surface area contributed by atoms with Crippen LogP contribution >= 0.6 is 0 Å². The highest BCUT2D eigenvalue weighted by Gasteiger charge is 2.14. The Morgan fingerprint density at radius 2 is 1.73 bits per heavy atom. The standard InChI is InChI=1S/C16H18N2O.CH2O2/c1-12-7-5-6-10-15(12)18-16(19)14(17)11-13-8-3-2-4-9-13;2-1-3/h2-10,14H,11,17H2,1H3,(H,18,19);1H,(H,2,3). The summed E-state index contributed by atoms with van der Waals surface area (Å²) in [6.07, 6.45) is 0.540. The van der Waals surface area contributed by atoms with Gasteiger partial charge in [-0.3, -0.25) is 9.59 Å². The predicted octanol–water partition coefficient (Wildman–Crippen LogP) is 2.20. The molecule has 0 spiro atoms. The van der Waals surface area contributed by atoms with Gasteiger partial charge >= 0.3 is 0 Å². The highest BCUT2D eigenvalue weighted by atomic mass is 16.3. The molecule has 0 aromatic heterocycles. The van der Waals surface area contributed by atoms with Crippen molar-refractivity contribution >= 4 is 18.1 Å². The largest absolute Gasteiger partial charge is 0.483 e. The smallest absolute Gasteiger partial charge is 0.290 e. The summed E-state index contributed by atoms with van der Waals surface area (Å²) >= 11 is 0. The van der Waals surface area contributed by atoms with Gasteiger partial charge in [-0.25, -0.2) is 0 Å². The first-order valence-corrected chi connectivity index (χ1v) is 6.82. The maximum atomic E-state index is 12.0. The average Bonchev–Trinajstić information content (AvgIpc) is 2.51. The van der Waals surface area contributed by atoms with Crippen molar-refractivity contribution < 1.29 is 14.7 Å². The molecule has 22 heavy (non-hydrogen) atoms. The van der Waals surface area contributed by atoms with Crippen molar-refractivity contribution in [1.29, 1.82) is 0 Å². The summed E-state index contributed by atoms with van der Waals surface area (Å²) in [6.45, 7) is 1.71. The first-order valence-electron chi connectivity index (χ1n) is 6.82. The lowest BCUT2D eigenvalue weighted by Crippen LogP contribution is -2.37. The van der Waals surface area contributed by atoms with Gasteiger partial charge in [-0.05, 0) is 30.5 Å². The molecule has 1 unspecified atom stereocenters. The van der Waals surface area contributed by atoms with E-state index >= 15 is 0 Å². The molecular weight excluding hydrogens is 280 g/mol. The lowest BCUT2D eigenvalue weighted by Gasteiger charge is -2.13. The summed E-state index contributed by atoms with van der Waals surface area (Å²) in [5.74, 6) is -0.154. The molecule has 2 rings (SSSR count). The van der Waals surface area contributed by atoms with E-state index in [9.17, 15) is 4.79 Å². The van der Waals surface area contributed by atoms with Crippen LogP contribution in [-0.4, -0.2) is 23.5 Å². The Balaban J connectivity index is 0.000000745. The number of aryl methyl sites for hydroxylation is 1. The van der Waals surface area contributed by atoms with Crippen molar-refractivity contribution in [2.75, 3.05) is 5.32 Å². The number of carboxylic acid groups (broad SMARTS) is 1. The molecule has 2 aromatic rings. The topological polar surface area (TPSA) is 92.4 Å². The SMILES string of the molecule is Cc1ccccc1NC(=O)C(N)Cc1ccccc1.O=CO. The Hall–Kier alpha value is -2.66. The number of carbonyl (C=O) groups excluding carboxylic acids is 1. The summed E-state index contributed by atoms with van der Waals surface area (Å²) in [5.41, 5.74) is 8.85. The summed E-state index contributed by atoms with van der Waals surface area (Å²) in [7, 11) is 0. The minimum atomic E-state index is -0.540. The molecule has 0 aliphatic rings. The van der Waals surface area contributed by atoms with Crippen molar-refractivity contribution in [3.8, 4) is 0 Å². The van der Waals surface area contributed by atoms with E-state index in [4.69, 9.17) is 15.6 Å². The first-order chi connectivity index (χ1) is 10.6. The molecule has 0 aliphatic heterocycles. The highest BCUT2D eigenvalue weighted by Crippen LogP contribution is 2.13. The number of hydrogen-bond donors (Lipinski definition) is 3. The van der Waals surface area contributed by atoms with Gasteiger partial charge in [0.05, 0.1) is 6.04 Å². The highest BCUT2D eigenvalue weighted by molar-refractivity contribution is 5.95. The van der Waals surface area contributed by atoms with Crippen molar-refractivity contribution in [3.63, 3.8) is 0 Å². The van der Waals surface area contributed by atoms with Gasteiger partial charge in [0.15, 0.2) is 0 Å². The molecule has 5 nitrogen and oxygen atoms in total. The lowest BCUT2D eigenvalue weighted by atomic mass is 10.1. The van der Waals surface area contributed by atoms with Gasteiger partial charge in [0, 0.05) is 5.69 Å². The molecule has 0 radical (unpaired) electrons. The van der Waals surface area contributed by atoms with Crippen LogP contribution in [0.15, 0.2) is 54.6 Å². The van der Waals surface area contributed by atoms with E-state index < -0.39 is 6.04 Å². The molecule has 5 heteroatoms. The average molecular weight is 300 g/mol. The Morgan fingerprint density at radius 3 is 2.32 bits per heavy atom. The number of carbonyl (C=O) groups is 2. The van der Waals surface area contributed by atoms with Crippen LogP contribution in [0.5, 0.6) is 0 Å². The van der Waals surface area contributed by atoms with E-state index in [1.807, 2.05) is 61.5 Å². The molecule has 0 bridgehead atoms. The second kappa shape index (κ2) is 9.31. The zero-order chi connectivity index (χ0) is 16.4. The van der Waals surface area contributed by atoms with Gasteiger partial charge in [0.25, 0.3) is 6.47 Å². The van der Waals surface area contributed by atoms with Gasteiger partial charge in [0.1, 0.15) is 0 Å². The van der Waals surface area contributed by atoms with Crippen molar-refractivity contribution in [2.24, 2.45) is 5.73 Å². The Labute approximate surface area is 129 Å². The monoisotopic (exact) mass is 300 g/mol. The summed E-state index contributed by atoms with van der Waals surface area (Å²) in [4.78, 5) is 20.4. The third-order valence-corrected chi connectivity index (χ3v) is 3.04. The first kappa shape index (κ1) is 17.4. The fourth-order valence-corrected chi connectivity index (χ4v) is 1.90. The van der Waals surface area contributed by atoms with Crippen LogP contribution in [0.4, 0.5) is 5.69 Å². The van der Waals surface area contributed by atoms with Crippen LogP contribution in [0.3, 0.4) is 0 Å². The van der Waals surface area contributed by atoms with E-state index in [1.165, 1.54) is 0 Å². The summed E-state index contributed by atoms with van der Waals surface area (Å²) in [6, 6.07) is 16.9. The Kier molecular flexibility index (Phi) is 7.36. The molecule has 1 amide bonds. The number of nitrogens with one attached hydrogen (secondary N) is 1. The van der Waals surface area contributed by atoms with Gasteiger partial charge in [-0.15, -0.1) is 0 Å². The summed E-state index contributed by atoms with van der Waals surface area (Å²) < 4.78 is 0. The lowest BCUT2D eigenvalue weighted by molar-refractivity contribution is -0.123. The van der Waals surface area contributed by atoms with E-state index in [-0.39, 0.29) is 12.4 Å². The zero-order valence-electron chi connectivity index (χ0n) is 12.4. The second-order valence-corrected chi connectivity index (χ2v) is 4.71. The van der Waals surface area contributed by atoms with E-state index in [0.717, 1.165) is 16.8 Å². The zero-order valence-corrected chi connectivity index (χ0v) is 12.4. The van der Waals surface area contributed by atoms with Crippen LogP contribution in [0.1, 0.15) is 11.1 Å². The minimum absolute atomic E-state index is 0.154. The summed E-state index contributed by atoms with van der Waals surface area (Å²) in [5, 5.41) is 9.76. The van der Waals surface area contributed by atoms with E-state index in [0.29, 0.717) is 6.42 Å². The Bertz CT molecular complexity index is 600. The molecule has 4 N–H and O–H groups in total. The molecule has 1 atom stereocenters. The number of benzene rings is 2. The number of amides is 1.